The molecule has 98 valence electrons. The number of hydrogen-bond acceptors (Lipinski definition) is 6. The van der Waals surface area contributed by atoms with Crippen LogP contribution in [0, 0.1) is 0 Å². The Morgan fingerprint density at radius 1 is 1.56 bits per heavy atom. The van der Waals surface area contributed by atoms with Gasteiger partial charge in [-0.3, -0.25) is 0 Å². The second-order valence-electron chi connectivity index (χ2n) is 3.56. The van der Waals surface area contributed by atoms with Gasteiger partial charge in [0.05, 0.1) is 12.1 Å². The van der Waals surface area contributed by atoms with E-state index in [0.29, 0.717) is 18.3 Å². The summed E-state index contributed by atoms with van der Waals surface area (Å²) in [6.07, 6.45) is -0.693. The van der Waals surface area contributed by atoms with Crippen molar-refractivity contribution in [2.24, 2.45) is 7.05 Å². The van der Waals surface area contributed by atoms with Crippen LogP contribution < -0.4 is 4.74 Å². The number of hydrogen-bond donors (Lipinski definition) is 0. The van der Waals surface area contributed by atoms with E-state index in [1.165, 1.54) is 11.3 Å². The summed E-state index contributed by atoms with van der Waals surface area (Å²) in [5, 5.41) is 0.477. The maximum Gasteiger partial charge on any atom is 0.514 e. The van der Waals surface area contributed by atoms with Crippen LogP contribution in [-0.2, 0) is 23.1 Å². The molecule has 0 amide bonds. The Balaban J connectivity index is 2.21. The molecule has 0 saturated carbocycles. The summed E-state index contributed by atoms with van der Waals surface area (Å²) >= 11 is 1.30. The van der Waals surface area contributed by atoms with Crippen LogP contribution in [0.4, 0.5) is 4.79 Å². The number of imidazole rings is 1. The van der Waals surface area contributed by atoms with Gasteiger partial charge in [0.2, 0.25) is 0 Å². The lowest BCUT2D eigenvalue weighted by Gasteiger charge is -2.01. The van der Waals surface area contributed by atoms with Gasteiger partial charge in [0, 0.05) is 20.2 Å². The molecule has 6 nitrogen and oxygen atoms in total. The first-order valence-electron chi connectivity index (χ1n) is 5.44. The maximum atomic E-state index is 11.2. The molecule has 2 heterocycles. The van der Waals surface area contributed by atoms with Gasteiger partial charge < -0.3 is 18.8 Å². The van der Waals surface area contributed by atoms with Crippen LogP contribution in [0.2, 0.25) is 0 Å². The summed E-state index contributed by atoms with van der Waals surface area (Å²) in [6, 6.07) is 1.77. The molecule has 0 atom stereocenters. The molecule has 0 aromatic carbocycles. The fourth-order valence-corrected chi connectivity index (χ4v) is 2.46. The summed E-state index contributed by atoms with van der Waals surface area (Å²) in [5.74, 6) is 0.835. The van der Waals surface area contributed by atoms with Gasteiger partial charge in [-0.1, -0.05) is 11.3 Å². The molecule has 0 spiro atoms. The van der Waals surface area contributed by atoms with Crippen LogP contribution in [0.5, 0.6) is 5.06 Å². The number of fused-ring (bicyclic) bond motifs is 1. The van der Waals surface area contributed by atoms with Crippen molar-refractivity contribution in [3.63, 3.8) is 0 Å². The Kier molecular flexibility index (Phi) is 3.83. The number of carbonyl (C=O) groups excluding carboxylic acids is 1. The molecule has 0 unspecified atom stereocenters. The van der Waals surface area contributed by atoms with Gasteiger partial charge in [0.1, 0.15) is 17.3 Å². The minimum Gasteiger partial charge on any atom is -0.434 e. The highest BCUT2D eigenvalue weighted by atomic mass is 32.1. The first-order chi connectivity index (χ1) is 8.65. The van der Waals surface area contributed by atoms with Gasteiger partial charge in [-0.25, -0.2) is 9.78 Å². The van der Waals surface area contributed by atoms with Gasteiger partial charge >= 0.3 is 6.16 Å². The number of aromatic nitrogens is 2. The summed E-state index contributed by atoms with van der Waals surface area (Å²) in [5.41, 5.74) is 0.909. The van der Waals surface area contributed by atoms with Crippen LogP contribution in [0.25, 0.3) is 10.3 Å². The fraction of sp³-hybridized carbons (Fsp3) is 0.455. The van der Waals surface area contributed by atoms with Crippen molar-refractivity contribution in [3.05, 3.63) is 11.9 Å². The molecule has 7 heteroatoms. The van der Waals surface area contributed by atoms with Gasteiger partial charge in [-0.05, 0) is 6.92 Å². The summed E-state index contributed by atoms with van der Waals surface area (Å²) < 4.78 is 16.7. The van der Waals surface area contributed by atoms with Gasteiger partial charge in [-0.2, -0.15) is 0 Å². The van der Waals surface area contributed by atoms with E-state index < -0.39 is 6.16 Å². The van der Waals surface area contributed by atoms with E-state index in [-0.39, 0.29) is 0 Å². The van der Waals surface area contributed by atoms with Crippen molar-refractivity contribution in [3.8, 4) is 5.06 Å². The van der Waals surface area contributed by atoms with Crippen molar-refractivity contribution >= 4 is 27.8 Å². The van der Waals surface area contributed by atoms with Gasteiger partial charge in [0.25, 0.3) is 0 Å². The molecular weight excluding hydrogens is 256 g/mol. The van der Waals surface area contributed by atoms with Crippen LogP contribution in [0.3, 0.4) is 0 Å². The highest BCUT2D eigenvalue weighted by molar-refractivity contribution is 7.20. The molecule has 2 aromatic rings. The topological polar surface area (TPSA) is 62.6 Å². The van der Waals surface area contributed by atoms with E-state index in [2.05, 4.69) is 4.98 Å². The highest BCUT2D eigenvalue weighted by Crippen LogP contribution is 2.31. The molecular formula is C11H14N2O4S. The predicted molar refractivity (Wildman–Crippen MR) is 67.0 cm³/mol. The third-order valence-corrected chi connectivity index (χ3v) is 3.27. The number of carbonyl (C=O) groups is 1. The van der Waals surface area contributed by atoms with Crippen LogP contribution in [-0.4, -0.2) is 29.4 Å². The third kappa shape index (κ3) is 2.46. The Bertz CT molecular complexity index is 561. The monoisotopic (exact) mass is 270 g/mol. The summed E-state index contributed by atoms with van der Waals surface area (Å²) in [7, 11) is 3.52. The average molecular weight is 270 g/mol. The Labute approximate surface area is 108 Å². The molecule has 0 N–H and O–H groups in total. The molecule has 0 fully saturated rings. The first-order valence-corrected chi connectivity index (χ1v) is 6.26. The standard InChI is InChI=1S/C11H14N2O4S/c1-4-16-11(14)17-9-5-7-10(18-9)12-8(6-15-3)13(7)2/h5H,4,6H2,1-3H3. The lowest BCUT2D eigenvalue weighted by atomic mass is 10.5. The number of nitrogens with zero attached hydrogens (tertiary/aromatic N) is 2. The molecule has 0 aliphatic heterocycles. The summed E-state index contributed by atoms with van der Waals surface area (Å²) in [6.45, 7) is 2.47. The molecule has 0 saturated heterocycles. The molecule has 0 aliphatic carbocycles. The SMILES string of the molecule is CCOC(=O)Oc1cc2c(nc(COC)n2C)s1. The van der Waals surface area contributed by atoms with Crippen molar-refractivity contribution in [1.82, 2.24) is 9.55 Å². The highest BCUT2D eigenvalue weighted by Gasteiger charge is 2.14. The minimum absolute atomic E-state index is 0.292. The molecule has 18 heavy (non-hydrogen) atoms. The number of aryl methyl sites for hydroxylation is 1. The number of methoxy groups -OCH3 is 1. The number of thiophene rings is 1. The molecule has 0 bridgehead atoms. The van der Waals surface area contributed by atoms with E-state index in [1.807, 2.05) is 11.6 Å². The van der Waals surface area contributed by atoms with E-state index in [1.54, 1.807) is 20.1 Å². The molecule has 0 radical (unpaired) electrons. The lowest BCUT2D eigenvalue weighted by Crippen LogP contribution is -2.09. The largest absolute Gasteiger partial charge is 0.514 e. The van der Waals surface area contributed by atoms with Crippen molar-refractivity contribution < 1.29 is 19.0 Å². The first kappa shape index (κ1) is 12.8. The zero-order chi connectivity index (χ0) is 13.1. The van der Waals surface area contributed by atoms with E-state index in [4.69, 9.17) is 14.2 Å². The van der Waals surface area contributed by atoms with Crippen molar-refractivity contribution in [1.29, 1.82) is 0 Å². The normalized spacial score (nSPS) is 10.8. The Hall–Kier alpha value is -1.60. The van der Waals surface area contributed by atoms with Gasteiger partial charge in [-0.15, -0.1) is 0 Å². The van der Waals surface area contributed by atoms with Gasteiger partial charge in [0.15, 0.2) is 5.06 Å². The zero-order valence-electron chi connectivity index (χ0n) is 10.4. The molecule has 2 aromatic heterocycles. The fourth-order valence-electron chi connectivity index (χ4n) is 1.54. The van der Waals surface area contributed by atoms with E-state index in [9.17, 15) is 4.79 Å². The third-order valence-electron chi connectivity index (χ3n) is 2.37. The number of rotatable bonds is 4. The van der Waals surface area contributed by atoms with Crippen molar-refractivity contribution in [2.75, 3.05) is 13.7 Å². The zero-order valence-corrected chi connectivity index (χ0v) is 11.2. The van der Waals surface area contributed by atoms with Crippen molar-refractivity contribution in [2.45, 2.75) is 13.5 Å². The smallest absolute Gasteiger partial charge is 0.434 e. The number of ether oxygens (including phenoxy) is 3. The summed E-state index contributed by atoms with van der Waals surface area (Å²) in [4.78, 5) is 16.4. The Morgan fingerprint density at radius 3 is 2.94 bits per heavy atom. The lowest BCUT2D eigenvalue weighted by molar-refractivity contribution is 0.105. The van der Waals surface area contributed by atoms with E-state index in [0.717, 1.165) is 16.2 Å². The molecule has 2 rings (SSSR count). The van der Waals surface area contributed by atoms with E-state index >= 15 is 0 Å². The Morgan fingerprint density at radius 2 is 2.33 bits per heavy atom. The predicted octanol–water partition coefficient (Wildman–Crippen LogP) is 2.32. The second kappa shape index (κ2) is 5.36. The van der Waals surface area contributed by atoms with Crippen LogP contribution >= 0.6 is 11.3 Å². The maximum absolute atomic E-state index is 11.2. The second-order valence-corrected chi connectivity index (χ2v) is 4.55. The molecule has 0 aliphatic rings. The minimum atomic E-state index is -0.693. The quantitative estimate of drug-likeness (QED) is 0.798. The van der Waals surface area contributed by atoms with Crippen LogP contribution in [0.15, 0.2) is 6.07 Å². The average Bonchev–Trinajstić information content (AvgIpc) is 2.81. The van der Waals surface area contributed by atoms with Crippen LogP contribution in [0.1, 0.15) is 12.7 Å².